The summed E-state index contributed by atoms with van der Waals surface area (Å²) in [4.78, 5) is 27.2. The van der Waals surface area contributed by atoms with Crippen LogP contribution in [0.4, 0.5) is 11.4 Å². The summed E-state index contributed by atoms with van der Waals surface area (Å²) in [5.41, 5.74) is 2.67. The van der Waals surface area contributed by atoms with Gasteiger partial charge in [-0.25, -0.2) is 0 Å². The van der Waals surface area contributed by atoms with E-state index in [0.717, 1.165) is 31.5 Å². The van der Waals surface area contributed by atoms with E-state index in [4.69, 9.17) is 16.3 Å². The van der Waals surface area contributed by atoms with Gasteiger partial charge in [-0.15, -0.1) is 0 Å². The lowest BCUT2D eigenvalue weighted by molar-refractivity contribution is -0.114. The number of amides is 2. The Kier molecular flexibility index (Phi) is 6.41. The summed E-state index contributed by atoms with van der Waals surface area (Å²) < 4.78 is 5.24. The lowest BCUT2D eigenvalue weighted by atomic mass is 10.0. The van der Waals surface area contributed by atoms with Crippen LogP contribution in [-0.4, -0.2) is 43.5 Å². The van der Waals surface area contributed by atoms with Crippen molar-refractivity contribution < 1.29 is 14.3 Å². The van der Waals surface area contributed by atoms with Crippen LogP contribution in [0, 0.1) is 6.92 Å². The molecular formula is C21H24ClN3O3. The third kappa shape index (κ3) is 4.57. The lowest BCUT2D eigenvalue weighted by Crippen LogP contribution is -2.30. The fraction of sp³-hybridized carbons (Fsp3) is 0.333. The SMILES string of the molecule is COc1ccc(Cl)cc1NC(=O)CNc1cccc(C)c1C(=O)N1CCCC1. The highest BCUT2D eigenvalue weighted by atomic mass is 35.5. The van der Waals surface area contributed by atoms with E-state index >= 15 is 0 Å². The average Bonchev–Trinajstić information content (AvgIpc) is 3.21. The van der Waals surface area contributed by atoms with Gasteiger partial charge in [0.2, 0.25) is 5.91 Å². The zero-order valence-electron chi connectivity index (χ0n) is 16.0. The van der Waals surface area contributed by atoms with Crippen LogP contribution >= 0.6 is 11.6 Å². The number of rotatable bonds is 6. The average molecular weight is 402 g/mol. The maximum atomic E-state index is 12.9. The predicted molar refractivity (Wildman–Crippen MR) is 111 cm³/mol. The zero-order valence-corrected chi connectivity index (χ0v) is 16.8. The molecule has 0 bridgehead atoms. The smallest absolute Gasteiger partial charge is 0.256 e. The Morgan fingerprint density at radius 2 is 1.89 bits per heavy atom. The summed E-state index contributed by atoms with van der Waals surface area (Å²) in [5.74, 6) is 0.273. The standard InChI is InChI=1S/C21H24ClN3O3/c1-14-6-5-7-16(20(14)21(27)25-10-3-4-11-25)23-13-19(26)24-17-12-15(22)8-9-18(17)28-2/h5-9,12,23H,3-4,10-11,13H2,1-2H3,(H,24,26). The van der Waals surface area contributed by atoms with E-state index in [0.29, 0.717) is 27.7 Å². The van der Waals surface area contributed by atoms with Crippen LogP contribution in [0.3, 0.4) is 0 Å². The summed E-state index contributed by atoms with van der Waals surface area (Å²) in [6.45, 7) is 3.48. The molecule has 1 saturated heterocycles. The first-order valence-corrected chi connectivity index (χ1v) is 9.63. The van der Waals surface area contributed by atoms with Crippen molar-refractivity contribution in [2.45, 2.75) is 19.8 Å². The van der Waals surface area contributed by atoms with Crippen LogP contribution in [0.2, 0.25) is 5.02 Å². The first kappa shape index (κ1) is 20.0. The number of anilines is 2. The van der Waals surface area contributed by atoms with Gasteiger partial charge in [0.15, 0.2) is 0 Å². The van der Waals surface area contributed by atoms with Crippen molar-refractivity contribution in [3.63, 3.8) is 0 Å². The van der Waals surface area contributed by atoms with E-state index < -0.39 is 0 Å². The molecule has 1 fully saturated rings. The van der Waals surface area contributed by atoms with Crippen LogP contribution in [0.5, 0.6) is 5.75 Å². The number of carbonyl (C=O) groups excluding carboxylic acids is 2. The van der Waals surface area contributed by atoms with Crippen LogP contribution in [0.1, 0.15) is 28.8 Å². The molecule has 1 aliphatic heterocycles. The minimum atomic E-state index is -0.262. The molecule has 0 aliphatic carbocycles. The van der Waals surface area contributed by atoms with Crippen LogP contribution in [0.15, 0.2) is 36.4 Å². The minimum absolute atomic E-state index is 0.00928. The molecule has 7 heteroatoms. The molecule has 0 radical (unpaired) electrons. The third-order valence-corrected chi connectivity index (χ3v) is 4.99. The molecule has 1 heterocycles. The molecule has 2 amide bonds. The summed E-state index contributed by atoms with van der Waals surface area (Å²) in [7, 11) is 1.53. The number of hydrogen-bond acceptors (Lipinski definition) is 4. The van der Waals surface area contributed by atoms with Crippen LogP contribution in [0.25, 0.3) is 0 Å². The van der Waals surface area contributed by atoms with E-state index in [2.05, 4.69) is 10.6 Å². The molecule has 0 atom stereocenters. The molecule has 148 valence electrons. The van der Waals surface area contributed by atoms with Gasteiger partial charge in [0, 0.05) is 23.8 Å². The number of likely N-dealkylation sites (tertiary alicyclic amines) is 1. The second-order valence-electron chi connectivity index (χ2n) is 6.74. The van der Waals surface area contributed by atoms with Crippen LogP contribution in [-0.2, 0) is 4.79 Å². The maximum absolute atomic E-state index is 12.9. The fourth-order valence-corrected chi connectivity index (χ4v) is 3.50. The Bertz CT molecular complexity index is 879. The highest BCUT2D eigenvalue weighted by molar-refractivity contribution is 6.31. The molecule has 2 N–H and O–H groups in total. The van der Waals surface area contributed by atoms with Crippen molar-refractivity contribution in [2.75, 3.05) is 37.4 Å². The van der Waals surface area contributed by atoms with Crippen molar-refractivity contribution in [1.29, 1.82) is 0 Å². The van der Waals surface area contributed by atoms with E-state index in [1.165, 1.54) is 7.11 Å². The highest BCUT2D eigenvalue weighted by Crippen LogP contribution is 2.28. The number of methoxy groups -OCH3 is 1. The lowest BCUT2D eigenvalue weighted by Gasteiger charge is -2.20. The predicted octanol–water partition coefficient (Wildman–Crippen LogP) is 3.94. The van der Waals surface area contributed by atoms with Crippen molar-refractivity contribution in [3.05, 3.63) is 52.5 Å². The second kappa shape index (κ2) is 8.97. The van der Waals surface area contributed by atoms with Gasteiger partial charge in [-0.05, 0) is 49.6 Å². The molecule has 1 aliphatic rings. The summed E-state index contributed by atoms with van der Waals surface area (Å²) in [6.07, 6.45) is 2.06. The number of nitrogens with one attached hydrogen (secondary N) is 2. The van der Waals surface area contributed by atoms with E-state index in [1.807, 2.05) is 30.0 Å². The van der Waals surface area contributed by atoms with Gasteiger partial charge in [0.1, 0.15) is 5.75 Å². The summed E-state index contributed by atoms with van der Waals surface area (Å²) in [6, 6.07) is 10.6. The van der Waals surface area contributed by atoms with E-state index in [9.17, 15) is 9.59 Å². The number of benzene rings is 2. The van der Waals surface area contributed by atoms with Gasteiger partial charge in [-0.3, -0.25) is 9.59 Å². The molecule has 0 unspecified atom stereocenters. The van der Waals surface area contributed by atoms with Gasteiger partial charge in [-0.2, -0.15) is 0 Å². The largest absolute Gasteiger partial charge is 0.495 e. The Labute approximate surface area is 169 Å². The molecule has 3 rings (SSSR count). The Hall–Kier alpha value is -2.73. The molecule has 2 aromatic rings. The van der Waals surface area contributed by atoms with Gasteiger partial charge in [0.05, 0.1) is 24.9 Å². The molecule has 0 spiro atoms. The number of halogens is 1. The van der Waals surface area contributed by atoms with Gasteiger partial charge in [-0.1, -0.05) is 23.7 Å². The summed E-state index contributed by atoms with van der Waals surface area (Å²) >= 11 is 6.00. The first-order chi connectivity index (χ1) is 13.5. The molecule has 0 saturated carbocycles. The quantitative estimate of drug-likeness (QED) is 0.769. The van der Waals surface area contributed by atoms with E-state index in [-0.39, 0.29) is 18.4 Å². The Balaban J connectivity index is 1.71. The van der Waals surface area contributed by atoms with Gasteiger partial charge in [0.25, 0.3) is 5.91 Å². The number of ether oxygens (including phenoxy) is 1. The topological polar surface area (TPSA) is 70.7 Å². The molecular weight excluding hydrogens is 378 g/mol. The van der Waals surface area contributed by atoms with Crippen molar-refractivity contribution in [1.82, 2.24) is 4.90 Å². The number of carbonyl (C=O) groups is 2. The minimum Gasteiger partial charge on any atom is -0.495 e. The Morgan fingerprint density at radius 3 is 2.61 bits per heavy atom. The van der Waals surface area contributed by atoms with E-state index in [1.54, 1.807) is 18.2 Å². The second-order valence-corrected chi connectivity index (χ2v) is 7.18. The monoisotopic (exact) mass is 401 g/mol. The van der Waals surface area contributed by atoms with Crippen LogP contribution < -0.4 is 15.4 Å². The maximum Gasteiger partial charge on any atom is 0.256 e. The highest BCUT2D eigenvalue weighted by Gasteiger charge is 2.23. The fourth-order valence-electron chi connectivity index (χ4n) is 3.33. The number of aryl methyl sites for hydroxylation is 1. The number of hydrogen-bond donors (Lipinski definition) is 2. The van der Waals surface area contributed by atoms with Gasteiger partial charge >= 0.3 is 0 Å². The molecule has 2 aromatic carbocycles. The molecule has 28 heavy (non-hydrogen) atoms. The molecule has 6 nitrogen and oxygen atoms in total. The first-order valence-electron chi connectivity index (χ1n) is 9.25. The van der Waals surface area contributed by atoms with Gasteiger partial charge < -0.3 is 20.3 Å². The Morgan fingerprint density at radius 1 is 1.14 bits per heavy atom. The van der Waals surface area contributed by atoms with Crippen molar-refractivity contribution >= 4 is 34.8 Å². The molecule has 0 aromatic heterocycles. The zero-order chi connectivity index (χ0) is 20.1. The third-order valence-electron chi connectivity index (χ3n) is 4.75. The van der Waals surface area contributed by atoms with Crippen molar-refractivity contribution in [2.24, 2.45) is 0 Å². The summed E-state index contributed by atoms with van der Waals surface area (Å²) in [5, 5.41) is 6.38. The normalized spacial score (nSPS) is 13.3. The number of nitrogens with zero attached hydrogens (tertiary/aromatic N) is 1. The van der Waals surface area contributed by atoms with Crippen molar-refractivity contribution in [3.8, 4) is 5.75 Å².